The molecular formula is C23H25N5O2S2. The summed E-state index contributed by atoms with van der Waals surface area (Å²) in [5.41, 5.74) is 2.59. The van der Waals surface area contributed by atoms with Crippen molar-refractivity contribution in [1.82, 2.24) is 25.6 Å². The van der Waals surface area contributed by atoms with Gasteiger partial charge in [-0.3, -0.25) is 14.6 Å². The van der Waals surface area contributed by atoms with Gasteiger partial charge in [-0.15, -0.1) is 22.7 Å². The van der Waals surface area contributed by atoms with Crippen molar-refractivity contribution in [1.29, 1.82) is 0 Å². The maximum Gasteiger partial charge on any atom is 0.263 e. The molecule has 0 saturated heterocycles. The lowest BCUT2D eigenvalue weighted by molar-refractivity contribution is -0.120. The van der Waals surface area contributed by atoms with Crippen molar-refractivity contribution in [3.63, 3.8) is 0 Å². The van der Waals surface area contributed by atoms with Gasteiger partial charge in [0.05, 0.1) is 34.5 Å². The number of thiazole rings is 1. The van der Waals surface area contributed by atoms with Gasteiger partial charge in [0.15, 0.2) is 0 Å². The number of aromatic nitrogens is 3. The number of hydrogen-bond donors (Lipinski definition) is 3. The molecule has 0 aliphatic rings. The molecule has 0 saturated carbocycles. The number of H-pyrrole nitrogens is 1. The lowest BCUT2D eigenvalue weighted by Gasteiger charge is -2.16. The van der Waals surface area contributed by atoms with Crippen molar-refractivity contribution in [3.05, 3.63) is 58.9 Å². The van der Waals surface area contributed by atoms with Crippen LogP contribution >= 0.6 is 22.7 Å². The molecule has 1 unspecified atom stereocenters. The molecule has 0 spiro atoms. The van der Waals surface area contributed by atoms with E-state index in [1.165, 1.54) is 21.4 Å². The maximum absolute atomic E-state index is 12.7. The van der Waals surface area contributed by atoms with E-state index in [2.05, 4.69) is 43.8 Å². The highest BCUT2D eigenvalue weighted by atomic mass is 32.1. The number of thiophene rings is 1. The average Bonchev–Trinajstić information content (AvgIpc) is 3.57. The molecule has 1 aromatic carbocycles. The summed E-state index contributed by atoms with van der Waals surface area (Å²) >= 11 is 3.03. The number of hydrogen-bond acceptors (Lipinski definition) is 6. The topological polar surface area (TPSA) is 99.8 Å². The maximum atomic E-state index is 12.7. The third-order valence-corrected chi connectivity index (χ3v) is 7.17. The first-order valence-electron chi connectivity index (χ1n) is 10.6. The lowest BCUT2D eigenvalue weighted by Crippen LogP contribution is -2.28. The number of fused-ring (bicyclic) bond motifs is 1. The Balaban J connectivity index is 1.47. The highest BCUT2D eigenvalue weighted by Crippen LogP contribution is 2.33. The molecule has 1 atom stereocenters. The van der Waals surface area contributed by atoms with Crippen LogP contribution in [-0.4, -0.2) is 33.8 Å². The van der Waals surface area contributed by atoms with Crippen LogP contribution in [0.15, 0.2) is 48.2 Å². The molecule has 0 fully saturated rings. The third-order valence-electron chi connectivity index (χ3n) is 5.25. The van der Waals surface area contributed by atoms with Gasteiger partial charge < -0.3 is 15.6 Å². The van der Waals surface area contributed by atoms with Gasteiger partial charge in [-0.1, -0.05) is 31.0 Å². The van der Waals surface area contributed by atoms with Crippen LogP contribution in [0.5, 0.6) is 0 Å². The molecule has 4 aromatic rings. The Hall–Kier alpha value is -3.04. The zero-order valence-electron chi connectivity index (χ0n) is 17.8. The molecule has 166 valence electrons. The van der Waals surface area contributed by atoms with Crippen LogP contribution in [0.1, 0.15) is 53.6 Å². The van der Waals surface area contributed by atoms with E-state index in [0.29, 0.717) is 11.3 Å². The van der Waals surface area contributed by atoms with Crippen molar-refractivity contribution in [3.8, 4) is 10.6 Å². The van der Waals surface area contributed by atoms with Gasteiger partial charge in [0.25, 0.3) is 5.91 Å². The van der Waals surface area contributed by atoms with Crippen molar-refractivity contribution in [2.24, 2.45) is 0 Å². The van der Waals surface area contributed by atoms with E-state index < -0.39 is 0 Å². The number of rotatable bonds is 10. The van der Waals surface area contributed by atoms with E-state index in [9.17, 15) is 9.59 Å². The molecule has 0 aliphatic carbocycles. The number of nitrogens with zero attached hydrogens (tertiary/aromatic N) is 2. The van der Waals surface area contributed by atoms with E-state index in [0.717, 1.165) is 42.1 Å². The summed E-state index contributed by atoms with van der Waals surface area (Å²) in [7, 11) is 1.65. The molecule has 4 rings (SSSR count). The second kappa shape index (κ2) is 10.5. The number of nitrogens with one attached hydrogen (secondary N) is 3. The van der Waals surface area contributed by atoms with Crippen LogP contribution in [0, 0.1) is 0 Å². The molecule has 3 N–H and O–H groups in total. The summed E-state index contributed by atoms with van der Waals surface area (Å²) in [5, 5.41) is 6.95. The number of unbranched alkanes of at least 4 members (excludes halogenated alkanes) is 2. The molecule has 3 aromatic heterocycles. The summed E-state index contributed by atoms with van der Waals surface area (Å²) in [6.45, 7) is 0. The molecule has 7 nitrogen and oxygen atoms in total. The zero-order valence-corrected chi connectivity index (χ0v) is 19.4. The summed E-state index contributed by atoms with van der Waals surface area (Å²) in [6.07, 6.45) is 7.26. The standard InChI is InChI=1S/C23H25N5O2S2/c1-24-21(29)10-4-2-3-8-16(28-23(30)20-13-25-14-31-20)22-26-12-17(27-22)19-11-15-7-5-6-9-18(15)32-19/h5-7,9,11-14,16H,2-4,8,10H2,1H3,(H,24,29)(H,26,27)(H,28,30). The quantitative estimate of drug-likeness (QED) is 0.288. The van der Waals surface area contributed by atoms with Crippen molar-refractivity contribution in [2.75, 3.05) is 7.05 Å². The van der Waals surface area contributed by atoms with Gasteiger partial charge in [-0.25, -0.2) is 4.98 Å². The van der Waals surface area contributed by atoms with Crippen LogP contribution in [-0.2, 0) is 4.79 Å². The number of aromatic amines is 1. The Morgan fingerprint density at radius 3 is 2.81 bits per heavy atom. The zero-order chi connectivity index (χ0) is 22.3. The fourth-order valence-electron chi connectivity index (χ4n) is 3.52. The minimum Gasteiger partial charge on any atom is -0.359 e. The fraction of sp³-hybridized carbons (Fsp3) is 0.304. The molecular weight excluding hydrogens is 442 g/mol. The number of amides is 2. The number of carbonyl (C=O) groups is 2. The highest BCUT2D eigenvalue weighted by Gasteiger charge is 2.20. The van der Waals surface area contributed by atoms with Gasteiger partial charge in [-0.05, 0) is 30.4 Å². The fourth-order valence-corrected chi connectivity index (χ4v) is 5.07. The SMILES string of the molecule is CNC(=O)CCCCCC(NC(=O)c1cncs1)c1ncc(-c2cc3ccccc3s2)[nH]1. The second-order valence-corrected chi connectivity index (χ2v) is 9.46. The van der Waals surface area contributed by atoms with Gasteiger partial charge in [0.1, 0.15) is 10.7 Å². The Bertz CT molecular complexity index is 1150. The van der Waals surface area contributed by atoms with E-state index >= 15 is 0 Å². The molecule has 2 amide bonds. The van der Waals surface area contributed by atoms with Gasteiger partial charge in [-0.2, -0.15) is 0 Å². The summed E-state index contributed by atoms with van der Waals surface area (Å²) in [4.78, 5) is 37.8. The van der Waals surface area contributed by atoms with Crippen molar-refractivity contribution in [2.45, 2.75) is 38.1 Å². The van der Waals surface area contributed by atoms with Crippen LogP contribution in [0.2, 0.25) is 0 Å². The minimum absolute atomic E-state index is 0.0547. The largest absolute Gasteiger partial charge is 0.359 e. The number of carbonyl (C=O) groups excluding carboxylic acids is 2. The normalized spacial score (nSPS) is 12.0. The molecule has 0 aliphatic heterocycles. The Labute approximate surface area is 194 Å². The number of imidazole rings is 1. The van der Waals surface area contributed by atoms with Gasteiger partial charge in [0.2, 0.25) is 5.91 Å². The highest BCUT2D eigenvalue weighted by molar-refractivity contribution is 7.22. The first-order chi connectivity index (χ1) is 15.6. The van der Waals surface area contributed by atoms with Crippen LogP contribution < -0.4 is 10.6 Å². The summed E-state index contributed by atoms with van der Waals surface area (Å²) in [6, 6.07) is 10.2. The van der Waals surface area contributed by atoms with E-state index in [4.69, 9.17) is 0 Å². The van der Waals surface area contributed by atoms with Gasteiger partial charge in [0, 0.05) is 18.2 Å². The minimum atomic E-state index is -0.243. The Kier molecular flexibility index (Phi) is 7.28. The predicted molar refractivity (Wildman–Crippen MR) is 129 cm³/mol. The summed E-state index contributed by atoms with van der Waals surface area (Å²) in [5.74, 6) is 0.642. The van der Waals surface area contributed by atoms with Crippen molar-refractivity contribution < 1.29 is 9.59 Å². The van der Waals surface area contributed by atoms with E-state index in [1.807, 2.05) is 18.3 Å². The Morgan fingerprint density at radius 2 is 2.03 bits per heavy atom. The monoisotopic (exact) mass is 467 g/mol. The van der Waals surface area contributed by atoms with Crippen LogP contribution in [0.4, 0.5) is 0 Å². The second-order valence-electron chi connectivity index (χ2n) is 7.49. The molecule has 9 heteroatoms. The summed E-state index contributed by atoms with van der Waals surface area (Å²) < 4.78 is 1.23. The van der Waals surface area contributed by atoms with E-state index in [-0.39, 0.29) is 17.9 Å². The van der Waals surface area contributed by atoms with Crippen molar-refractivity contribution >= 4 is 44.6 Å². The van der Waals surface area contributed by atoms with Crippen LogP contribution in [0.25, 0.3) is 20.7 Å². The smallest absolute Gasteiger partial charge is 0.263 e. The third kappa shape index (κ3) is 5.41. The molecule has 32 heavy (non-hydrogen) atoms. The Morgan fingerprint density at radius 1 is 1.16 bits per heavy atom. The number of benzene rings is 1. The average molecular weight is 468 g/mol. The molecule has 3 heterocycles. The lowest BCUT2D eigenvalue weighted by atomic mass is 10.1. The molecule has 0 bridgehead atoms. The first-order valence-corrected chi connectivity index (χ1v) is 12.3. The first kappa shape index (κ1) is 22.2. The predicted octanol–water partition coefficient (Wildman–Crippen LogP) is 4.92. The van der Waals surface area contributed by atoms with E-state index in [1.54, 1.807) is 30.1 Å². The molecule has 0 radical (unpaired) electrons. The van der Waals surface area contributed by atoms with Gasteiger partial charge >= 0.3 is 0 Å². The van der Waals surface area contributed by atoms with Crippen LogP contribution in [0.3, 0.4) is 0 Å².